The van der Waals surface area contributed by atoms with Crippen molar-refractivity contribution in [2.45, 2.75) is 13.3 Å². The largest absolute Gasteiger partial charge is 0.395 e. The third kappa shape index (κ3) is 2.71. The van der Waals surface area contributed by atoms with Crippen molar-refractivity contribution in [1.29, 1.82) is 0 Å². The van der Waals surface area contributed by atoms with E-state index in [9.17, 15) is 9.18 Å². The molecule has 1 aromatic carbocycles. The van der Waals surface area contributed by atoms with Crippen molar-refractivity contribution < 1.29 is 9.18 Å². The Morgan fingerprint density at radius 2 is 2.05 bits per heavy atom. The third-order valence-electron chi connectivity index (χ3n) is 2.69. The maximum atomic E-state index is 13.3. The van der Waals surface area contributed by atoms with Gasteiger partial charge in [0.1, 0.15) is 0 Å². The number of aromatic amines is 1. The van der Waals surface area contributed by atoms with Crippen molar-refractivity contribution >= 4 is 40.5 Å². The number of carbonyl (C=O) groups is 1. The van der Waals surface area contributed by atoms with E-state index in [2.05, 4.69) is 15.5 Å². The highest BCUT2D eigenvalue weighted by Crippen LogP contribution is 2.27. The van der Waals surface area contributed by atoms with Crippen LogP contribution in [0.1, 0.15) is 23.1 Å². The minimum atomic E-state index is -0.737. The van der Waals surface area contributed by atoms with Gasteiger partial charge in [0.15, 0.2) is 11.5 Å². The number of benzene rings is 1. The van der Waals surface area contributed by atoms with Gasteiger partial charge in [-0.25, -0.2) is 4.39 Å². The molecular formula is C12H11Cl2FN4O. The van der Waals surface area contributed by atoms with Gasteiger partial charge in [-0.15, -0.1) is 0 Å². The minimum Gasteiger partial charge on any atom is -0.395 e. The molecule has 0 bridgehead atoms. The molecule has 8 heteroatoms. The zero-order valence-electron chi connectivity index (χ0n) is 10.4. The molecule has 1 heterocycles. The van der Waals surface area contributed by atoms with Crippen LogP contribution in [0.15, 0.2) is 12.1 Å². The maximum Gasteiger partial charge on any atom is 0.278 e. The average Bonchev–Trinajstić information content (AvgIpc) is 2.77. The van der Waals surface area contributed by atoms with Gasteiger partial charge in [-0.2, -0.15) is 5.10 Å². The fourth-order valence-electron chi connectivity index (χ4n) is 1.65. The van der Waals surface area contributed by atoms with Crippen molar-refractivity contribution in [3.63, 3.8) is 0 Å². The van der Waals surface area contributed by atoms with Crippen LogP contribution in [0.2, 0.25) is 10.0 Å². The van der Waals surface area contributed by atoms with E-state index >= 15 is 0 Å². The molecule has 1 aromatic heterocycles. The van der Waals surface area contributed by atoms with Crippen LogP contribution < -0.4 is 11.1 Å². The average molecular weight is 317 g/mol. The first-order valence-electron chi connectivity index (χ1n) is 5.72. The first-order valence-corrected chi connectivity index (χ1v) is 6.48. The Balaban J connectivity index is 2.25. The molecule has 20 heavy (non-hydrogen) atoms. The molecule has 0 aliphatic rings. The number of aromatic nitrogens is 2. The summed E-state index contributed by atoms with van der Waals surface area (Å²) in [6.45, 7) is 1.88. The van der Waals surface area contributed by atoms with E-state index in [0.717, 1.165) is 0 Å². The normalized spacial score (nSPS) is 10.6. The number of amides is 1. The molecule has 0 atom stereocenters. The van der Waals surface area contributed by atoms with Crippen LogP contribution in [0.25, 0.3) is 0 Å². The molecule has 0 spiro atoms. The van der Waals surface area contributed by atoms with E-state index in [1.807, 2.05) is 6.92 Å². The highest BCUT2D eigenvalue weighted by molar-refractivity contribution is 6.35. The highest BCUT2D eigenvalue weighted by Gasteiger charge is 2.17. The summed E-state index contributed by atoms with van der Waals surface area (Å²) in [5, 5.41) is 8.66. The molecule has 4 N–H and O–H groups in total. The maximum absolute atomic E-state index is 13.3. The lowest BCUT2D eigenvalue weighted by Crippen LogP contribution is -2.14. The summed E-state index contributed by atoms with van der Waals surface area (Å²) >= 11 is 11.3. The number of anilines is 2. The van der Waals surface area contributed by atoms with Gasteiger partial charge in [-0.05, 0) is 18.6 Å². The molecular weight excluding hydrogens is 306 g/mol. The molecule has 0 saturated heterocycles. The van der Waals surface area contributed by atoms with E-state index in [1.165, 1.54) is 12.1 Å². The number of nitrogen functional groups attached to an aromatic ring is 1. The van der Waals surface area contributed by atoms with Gasteiger partial charge >= 0.3 is 0 Å². The summed E-state index contributed by atoms with van der Waals surface area (Å²) in [4.78, 5) is 12.0. The second-order valence-corrected chi connectivity index (χ2v) is 4.84. The number of halogens is 3. The Hall–Kier alpha value is -1.79. The van der Waals surface area contributed by atoms with Gasteiger partial charge in [-0.3, -0.25) is 9.89 Å². The van der Waals surface area contributed by atoms with Crippen molar-refractivity contribution in [3.05, 3.63) is 39.4 Å². The van der Waals surface area contributed by atoms with E-state index in [-0.39, 0.29) is 27.1 Å². The Bertz CT molecular complexity index is 648. The van der Waals surface area contributed by atoms with Gasteiger partial charge < -0.3 is 11.1 Å². The zero-order valence-corrected chi connectivity index (χ0v) is 11.9. The topological polar surface area (TPSA) is 83.8 Å². The van der Waals surface area contributed by atoms with Gasteiger partial charge in [0, 0.05) is 5.69 Å². The van der Waals surface area contributed by atoms with Crippen LogP contribution in [0.4, 0.5) is 15.8 Å². The number of hydrogen-bond acceptors (Lipinski definition) is 3. The van der Waals surface area contributed by atoms with Gasteiger partial charge in [0.2, 0.25) is 0 Å². The Morgan fingerprint density at radius 1 is 1.45 bits per heavy atom. The first-order chi connectivity index (χ1) is 9.43. The Labute approximate surface area is 124 Å². The third-order valence-corrected chi connectivity index (χ3v) is 3.24. The quantitative estimate of drug-likeness (QED) is 0.760. The fraction of sp³-hybridized carbons (Fsp3) is 0.167. The number of rotatable bonds is 3. The molecule has 2 rings (SSSR count). The van der Waals surface area contributed by atoms with Crippen molar-refractivity contribution in [2.24, 2.45) is 0 Å². The Morgan fingerprint density at radius 3 is 2.55 bits per heavy atom. The summed E-state index contributed by atoms with van der Waals surface area (Å²) in [5.41, 5.74) is 7.06. The highest BCUT2D eigenvalue weighted by atomic mass is 35.5. The monoisotopic (exact) mass is 316 g/mol. The zero-order chi connectivity index (χ0) is 14.9. The minimum absolute atomic E-state index is 0.0680. The molecule has 0 aliphatic heterocycles. The predicted molar refractivity (Wildman–Crippen MR) is 76.8 cm³/mol. The van der Waals surface area contributed by atoms with Crippen molar-refractivity contribution in [3.8, 4) is 0 Å². The van der Waals surface area contributed by atoms with Crippen LogP contribution in [0, 0.1) is 5.82 Å². The van der Waals surface area contributed by atoms with Crippen LogP contribution in [0.3, 0.4) is 0 Å². The van der Waals surface area contributed by atoms with E-state index in [1.54, 1.807) is 0 Å². The lowest BCUT2D eigenvalue weighted by atomic mass is 10.2. The van der Waals surface area contributed by atoms with Gasteiger partial charge in [0.25, 0.3) is 5.91 Å². The summed E-state index contributed by atoms with van der Waals surface area (Å²) in [6, 6.07) is 2.51. The predicted octanol–water partition coefficient (Wildman–Crippen LogP) is 3.25. The molecule has 0 fully saturated rings. The lowest BCUT2D eigenvalue weighted by Gasteiger charge is -2.06. The molecule has 0 saturated carbocycles. The SMILES string of the molecule is CCc1[nH]nc(C(=O)Nc2cc(Cl)c(F)c(Cl)c2)c1N. The van der Waals surface area contributed by atoms with Crippen molar-refractivity contribution in [1.82, 2.24) is 10.2 Å². The molecule has 0 radical (unpaired) electrons. The summed E-state index contributed by atoms with van der Waals surface area (Å²) in [6.07, 6.45) is 0.625. The number of hydrogen-bond donors (Lipinski definition) is 3. The first kappa shape index (κ1) is 14.6. The van der Waals surface area contributed by atoms with Crippen LogP contribution in [0.5, 0.6) is 0 Å². The lowest BCUT2D eigenvalue weighted by molar-refractivity contribution is 0.102. The number of carbonyl (C=O) groups excluding carboxylic acids is 1. The summed E-state index contributed by atoms with van der Waals surface area (Å²) < 4.78 is 13.3. The summed E-state index contributed by atoms with van der Waals surface area (Å²) in [7, 11) is 0. The fourth-order valence-corrected chi connectivity index (χ4v) is 2.13. The van der Waals surface area contributed by atoms with Crippen LogP contribution in [-0.4, -0.2) is 16.1 Å². The van der Waals surface area contributed by atoms with Crippen LogP contribution >= 0.6 is 23.2 Å². The molecule has 106 valence electrons. The van der Waals surface area contributed by atoms with Crippen molar-refractivity contribution in [2.75, 3.05) is 11.1 Å². The molecule has 2 aromatic rings. The number of aryl methyl sites for hydroxylation is 1. The second kappa shape index (κ2) is 5.68. The van der Waals surface area contributed by atoms with Crippen LogP contribution in [-0.2, 0) is 6.42 Å². The number of nitrogens with zero attached hydrogens (tertiary/aromatic N) is 1. The number of H-pyrrole nitrogens is 1. The molecule has 0 unspecified atom stereocenters. The summed E-state index contributed by atoms with van der Waals surface area (Å²) in [5.74, 6) is -1.27. The standard InChI is InChI=1S/C12H11Cl2FN4O/c1-2-8-10(16)11(19-18-8)12(20)17-5-3-6(13)9(15)7(14)4-5/h3-4H,2,16H2,1H3,(H,17,20)(H,18,19). The molecule has 1 amide bonds. The number of nitrogens with one attached hydrogen (secondary N) is 2. The van der Waals surface area contributed by atoms with Gasteiger partial charge in [0.05, 0.1) is 21.4 Å². The van der Waals surface area contributed by atoms with E-state index in [4.69, 9.17) is 28.9 Å². The van der Waals surface area contributed by atoms with Gasteiger partial charge in [-0.1, -0.05) is 30.1 Å². The Kier molecular flexibility index (Phi) is 4.15. The molecule has 0 aliphatic carbocycles. The molecule has 5 nitrogen and oxygen atoms in total. The second-order valence-electron chi connectivity index (χ2n) is 4.03. The van der Waals surface area contributed by atoms with E-state index in [0.29, 0.717) is 12.1 Å². The van der Waals surface area contributed by atoms with E-state index < -0.39 is 11.7 Å². The smallest absolute Gasteiger partial charge is 0.278 e. The number of nitrogens with two attached hydrogens (primary N) is 1.